The Morgan fingerprint density at radius 3 is 2.60 bits per heavy atom. The van der Waals surface area contributed by atoms with Crippen LogP contribution in [0.2, 0.25) is 0 Å². The van der Waals surface area contributed by atoms with Crippen LogP contribution in [0.3, 0.4) is 0 Å². The van der Waals surface area contributed by atoms with Crippen LogP contribution in [-0.2, 0) is 0 Å². The molecule has 0 radical (unpaired) electrons. The van der Waals surface area contributed by atoms with Crippen LogP contribution in [0.1, 0.15) is 32.2 Å². The summed E-state index contributed by atoms with van der Waals surface area (Å²) >= 11 is 7.02. The summed E-state index contributed by atoms with van der Waals surface area (Å²) in [7, 11) is 0. The van der Waals surface area contributed by atoms with Gasteiger partial charge in [-0.25, -0.2) is 0 Å². The number of halogens is 2. The first kappa shape index (κ1) is 15.2. The van der Waals surface area contributed by atoms with E-state index in [0.29, 0.717) is 0 Å². The molecule has 2 rings (SSSR count). The Morgan fingerprint density at radius 2 is 2.00 bits per heavy atom. The molecule has 0 spiro atoms. The Bertz CT molecular complexity index is 642. The Labute approximate surface area is 132 Å². The van der Waals surface area contributed by atoms with E-state index >= 15 is 0 Å². The van der Waals surface area contributed by atoms with Gasteiger partial charge in [-0.2, -0.15) is 0 Å². The molecular formula is C13H12Br2N2O3. The first-order valence-electron chi connectivity index (χ1n) is 5.87. The molecule has 0 saturated heterocycles. The average molecular weight is 404 g/mol. The third-order valence-corrected chi connectivity index (χ3v) is 5.62. The van der Waals surface area contributed by atoms with Crippen LogP contribution < -0.4 is 0 Å². The second-order valence-corrected chi connectivity index (χ2v) is 6.43. The van der Waals surface area contributed by atoms with Gasteiger partial charge in [0.2, 0.25) is 5.76 Å². The average Bonchev–Trinajstić information content (AvgIpc) is 2.79. The third-order valence-electron chi connectivity index (χ3n) is 2.91. The summed E-state index contributed by atoms with van der Waals surface area (Å²) in [6.07, 6.45) is 0. The van der Waals surface area contributed by atoms with E-state index in [1.165, 1.54) is 0 Å². The lowest BCUT2D eigenvalue weighted by Crippen LogP contribution is -2.02. The zero-order chi connectivity index (χ0) is 14.9. The van der Waals surface area contributed by atoms with E-state index in [0.717, 1.165) is 11.1 Å². The fourth-order valence-corrected chi connectivity index (χ4v) is 3.06. The molecule has 1 aromatic heterocycles. The Hall–Kier alpha value is -1.21. The van der Waals surface area contributed by atoms with Gasteiger partial charge in [-0.3, -0.25) is 10.1 Å². The number of aryl methyl sites for hydroxylation is 2. The van der Waals surface area contributed by atoms with E-state index in [4.69, 9.17) is 4.52 Å². The maximum atomic E-state index is 11.1. The molecule has 20 heavy (non-hydrogen) atoms. The van der Waals surface area contributed by atoms with Gasteiger partial charge < -0.3 is 4.52 Å². The number of nitrogens with zero attached hydrogens (tertiary/aromatic N) is 2. The van der Waals surface area contributed by atoms with Gasteiger partial charge in [0, 0.05) is 0 Å². The number of hydrogen-bond acceptors (Lipinski definition) is 4. The lowest BCUT2D eigenvalue weighted by molar-refractivity contribution is -0.386. The molecule has 106 valence electrons. The summed E-state index contributed by atoms with van der Waals surface area (Å²) in [6, 6.07) is 7.91. The number of aromatic nitrogens is 1. The molecule has 2 atom stereocenters. The zero-order valence-corrected chi connectivity index (χ0v) is 14.0. The number of rotatable bonds is 4. The second kappa shape index (κ2) is 6.05. The maximum Gasteiger partial charge on any atom is 0.335 e. The van der Waals surface area contributed by atoms with Gasteiger partial charge in [0.05, 0.1) is 14.6 Å². The van der Waals surface area contributed by atoms with Gasteiger partial charge in [0.1, 0.15) is 0 Å². The summed E-state index contributed by atoms with van der Waals surface area (Å²) in [4.78, 5) is 10.1. The molecule has 0 bridgehead atoms. The van der Waals surface area contributed by atoms with Crippen molar-refractivity contribution in [3.05, 3.63) is 57.0 Å². The number of benzene rings is 1. The molecule has 1 heterocycles. The van der Waals surface area contributed by atoms with Gasteiger partial charge in [0.25, 0.3) is 0 Å². The summed E-state index contributed by atoms with van der Waals surface area (Å²) in [5.74, 6) is 0.218. The third kappa shape index (κ3) is 2.93. The Morgan fingerprint density at radius 1 is 1.30 bits per heavy atom. The molecular weight excluding hydrogens is 392 g/mol. The maximum absolute atomic E-state index is 11.1. The number of alkyl halides is 2. The molecule has 0 N–H and O–H groups in total. The number of hydrogen-bond donors (Lipinski definition) is 0. The fraction of sp³-hybridized carbons (Fsp3) is 0.308. The van der Waals surface area contributed by atoms with Crippen molar-refractivity contribution in [2.24, 2.45) is 0 Å². The van der Waals surface area contributed by atoms with Crippen molar-refractivity contribution in [2.75, 3.05) is 0 Å². The van der Waals surface area contributed by atoms with E-state index in [2.05, 4.69) is 37.0 Å². The van der Waals surface area contributed by atoms with Crippen molar-refractivity contribution in [2.45, 2.75) is 23.5 Å². The highest BCUT2D eigenvalue weighted by molar-refractivity contribution is 9.12. The van der Waals surface area contributed by atoms with E-state index in [1.807, 2.05) is 31.2 Å². The Kier molecular flexibility index (Phi) is 4.59. The monoisotopic (exact) mass is 402 g/mol. The summed E-state index contributed by atoms with van der Waals surface area (Å²) in [5.41, 5.74) is 2.33. The molecule has 0 fully saturated rings. The predicted octanol–water partition coefficient (Wildman–Crippen LogP) is 4.77. The molecule has 2 unspecified atom stereocenters. The highest BCUT2D eigenvalue weighted by Gasteiger charge is 2.33. The summed E-state index contributed by atoms with van der Waals surface area (Å²) in [6.45, 7) is 3.55. The number of nitro groups is 1. The van der Waals surface area contributed by atoms with E-state index in [1.54, 1.807) is 6.92 Å². The van der Waals surface area contributed by atoms with Gasteiger partial charge >= 0.3 is 5.69 Å². The fourth-order valence-electron chi connectivity index (χ4n) is 1.93. The molecule has 0 aliphatic heterocycles. The van der Waals surface area contributed by atoms with Crippen LogP contribution in [0.25, 0.3) is 0 Å². The molecule has 2 aromatic rings. The largest absolute Gasteiger partial charge is 0.352 e. The highest BCUT2D eigenvalue weighted by Crippen LogP contribution is 2.46. The minimum atomic E-state index is -0.467. The standard InChI is InChI=1S/C13H12Br2N2O3/c1-7-4-3-5-9(6-7)10(14)11(15)13-12(17(18)19)8(2)16-20-13/h3-6,10-11H,1-2H3. The minimum Gasteiger partial charge on any atom is -0.352 e. The minimum absolute atomic E-state index is 0.0796. The predicted molar refractivity (Wildman–Crippen MR) is 82.4 cm³/mol. The van der Waals surface area contributed by atoms with E-state index in [9.17, 15) is 10.1 Å². The van der Waals surface area contributed by atoms with Crippen LogP contribution in [0.4, 0.5) is 5.69 Å². The normalized spacial score (nSPS) is 14.0. The molecule has 0 aliphatic carbocycles. The molecule has 7 heteroatoms. The molecule has 0 aliphatic rings. The summed E-state index contributed by atoms with van der Waals surface area (Å²) < 4.78 is 5.12. The van der Waals surface area contributed by atoms with Crippen LogP contribution >= 0.6 is 31.9 Å². The van der Waals surface area contributed by atoms with Gasteiger partial charge in [-0.1, -0.05) is 66.8 Å². The smallest absolute Gasteiger partial charge is 0.335 e. The van der Waals surface area contributed by atoms with Crippen LogP contribution in [0.15, 0.2) is 28.8 Å². The molecule has 0 saturated carbocycles. The van der Waals surface area contributed by atoms with Crippen LogP contribution in [0, 0.1) is 24.0 Å². The first-order valence-corrected chi connectivity index (χ1v) is 7.70. The van der Waals surface area contributed by atoms with E-state index in [-0.39, 0.29) is 26.8 Å². The quantitative estimate of drug-likeness (QED) is 0.418. The van der Waals surface area contributed by atoms with Crippen molar-refractivity contribution >= 4 is 37.5 Å². The molecule has 5 nitrogen and oxygen atoms in total. The van der Waals surface area contributed by atoms with Gasteiger partial charge in [-0.05, 0) is 19.4 Å². The molecule has 0 amide bonds. The van der Waals surface area contributed by atoms with Gasteiger partial charge in [0.15, 0.2) is 5.69 Å². The molecule has 1 aromatic carbocycles. The second-order valence-electron chi connectivity index (χ2n) is 4.46. The van der Waals surface area contributed by atoms with Gasteiger partial charge in [-0.15, -0.1) is 0 Å². The van der Waals surface area contributed by atoms with Crippen molar-refractivity contribution in [3.63, 3.8) is 0 Å². The van der Waals surface area contributed by atoms with Crippen LogP contribution in [-0.4, -0.2) is 10.1 Å². The van der Waals surface area contributed by atoms with Crippen molar-refractivity contribution in [1.29, 1.82) is 0 Å². The van der Waals surface area contributed by atoms with Crippen molar-refractivity contribution < 1.29 is 9.45 Å². The topological polar surface area (TPSA) is 69.2 Å². The SMILES string of the molecule is Cc1cccc(C(Br)C(Br)c2onc(C)c2[N+](=O)[O-])c1. The van der Waals surface area contributed by atoms with Crippen molar-refractivity contribution in [3.8, 4) is 0 Å². The first-order chi connectivity index (χ1) is 9.41. The van der Waals surface area contributed by atoms with E-state index < -0.39 is 4.92 Å². The summed E-state index contributed by atoms with van der Waals surface area (Å²) in [5, 5.41) is 14.8. The lowest BCUT2D eigenvalue weighted by atomic mass is 10.1. The zero-order valence-electron chi connectivity index (χ0n) is 10.8. The van der Waals surface area contributed by atoms with Crippen molar-refractivity contribution in [1.82, 2.24) is 5.16 Å². The Balaban J connectivity index is 2.36. The van der Waals surface area contributed by atoms with Crippen LogP contribution in [0.5, 0.6) is 0 Å². The lowest BCUT2D eigenvalue weighted by Gasteiger charge is -2.14. The highest BCUT2D eigenvalue weighted by atomic mass is 79.9.